The van der Waals surface area contributed by atoms with Gasteiger partial charge in [0.25, 0.3) is 11.8 Å². The van der Waals surface area contributed by atoms with Crippen molar-refractivity contribution >= 4 is 11.8 Å². The molecule has 0 spiro atoms. The summed E-state index contributed by atoms with van der Waals surface area (Å²) in [4.78, 5) is 28.3. The van der Waals surface area contributed by atoms with Crippen LogP contribution < -0.4 is 0 Å². The fourth-order valence-electron chi connectivity index (χ4n) is 2.98. The summed E-state index contributed by atoms with van der Waals surface area (Å²) >= 11 is 0. The molecule has 2 aliphatic heterocycles. The van der Waals surface area contributed by atoms with E-state index >= 15 is 0 Å². The number of hydrogen-bond donors (Lipinski definition) is 0. The van der Waals surface area contributed by atoms with E-state index in [-0.39, 0.29) is 17.9 Å². The SMILES string of the molecule is N#Cc1ccc(C(=O)N2CCN(C(=O)[C@@H]3CCCO3)CC2)cc1. The summed E-state index contributed by atoms with van der Waals surface area (Å²) in [6.45, 7) is 2.80. The van der Waals surface area contributed by atoms with Crippen LogP contribution in [0.3, 0.4) is 0 Å². The molecule has 0 N–H and O–H groups in total. The second kappa shape index (κ2) is 6.80. The zero-order chi connectivity index (χ0) is 16.2. The van der Waals surface area contributed by atoms with Crippen LogP contribution in [0, 0.1) is 11.3 Å². The Morgan fingerprint density at radius 2 is 1.74 bits per heavy atom. The van der Waals surface area contributed by atoms with Crippen LogP contribution in [0.1, 0.15) is 28.8 Å². The van der Waals surface area contributed by atoms with E-state index in [0.717, 1.165) is 12.8 Å². The largest absolute Gasteiger partial charge is 0.368 e. The molecule has 0 saturated carbocycles. The van der Waals surface area contributed by atoms with Crippen LogP contribution in [0.4, 0.5) is 0 Å². The number of carbonyl (C=O) groups excluding carboxylic acids is 2. The van der Waals surface area contributed by atoms with Gasteiger partial charge >= 0.3 is 0 Å². The Labute approximate surface area is 135 Å². The Bertz CT molecular complexity index is 621. The molecular formula is C17H19N3O3. The molecule has 0 aliphatic carbocycles. The molecular weight excluding hydrogens is 294 g/mol. The number of amides is 2. The summed E-state index contributed by atoms with van der Waals surface area (Å²) in [6.07, 6.45) is 1.44. The van der Waals surface area contributed by atoms with Crippen LogP contribution in [0.15, 0.2) is 24.3 Å². The molecule has 2 heterocycles. The number of benzene rings is 1. The first-order valence-corrected chi connectivity index (χ1v) is 7.89. The second-order valence-corrected chi connectivity index (χ2v) is 5.81. The van der Waals surface area contributed by atoms with E-state index in [0.29, 0.717) is 43.9 Å². The molecule has 0 unspecified atom stereocenters. The highest BCUT2D eigenvalue weighted by Crippen LogP contribution is 2.17. The van der Waals surface area contributed by atoms with Crippen molar-refractivity contribution in [2.24, 2.45) is 0 Å². The lowest BCUT2D eigenvalue weighted by Crippen LogP contribution is -2.52. The van der Waals surface area contributed by atoms with Crippen LogP contribution in [0.25, 0.3) is 0 Å². The van der Waals surface area contributed by atoms with Crippen molar-refractivity contribution in [1.29, 1.82) is 5.26 Å². The van der Waals surface area contributed by atoms with Crippen LogP contribution in [-0.4, -0.2) is 60.5 Å². The minimum absolute atomic E-state index is 0.0490. The molecule has 0 radical (unpaired) electrons. The predicted molar refractivity (Wildman–Crippen MR) is 82.6 cm³/mol. The summed E-state index contributed by atoms with van der Waals surface area (Å²) in [5, 5.41) is 8.79. The lowest BCUT2D eigenvalue weighted by Gasteiger charge is -2.35. The number of rotatable bonds is 2. The fourth-order valence-corrected chi connectivity index (χ4v) is 2.98. The van der Waals surface area contributed by atoms with Gasteiger partial charge in [0.05, 0.1) is 11.6 Å². The van der Waals surface area contributed by atoms with Gasteiger partial charge in [0, 0.05) is 38.3 Å². The van der Waals surface area contributed by atoms with Crippen molar-refractivity contribution in [3.05, 3.63) is 35.4 Å². The Balaban J connectivity index is 1.56. The van der Waals surface area contributed by atoms with Crippen molar-refractivity contribution in [1.82, 2.24) is 9.80 Å². The van der Waals surface area contributed by atoms with Crippen LogP contribution in [0.2, 0.25) is 0 Å². The van der Waals surface area contributed by atoms with E-state index < -0.39 is 0 Å². The molecule has 2 amide bonds. The number of piperazine rings is 1. The lowest BCUT2D eigenvalue weighted by molar-refractivity contribution is -0.142. The summed E-state index contributed by atoms with van der Waals surface area (Å²) < 4.78 is 5.44. The molecule has 0 aromatic heterocycles. The number of nitriles is 1. The van der Waals surface area contributed by atoms with Crippen molar-refractivity contribution in [2.45, 2.75) is 18.9 Å². The van der Waals surface area contributed by atoms with Crippen molar-refractivity contribution in [3.8, 4) is 6.07 Å². The van der Waals surface area contributed by atoms with E-state index in [2.05, 4.69) is 0 Å². The minimum Gasteiger partial charge on any atom is -0.368 e. The van der Waals surface area contributed by atoms with Gasteiger partial charge in [0.15, 0.2) is 0 Å². The van der Waals surface area contributed by atoms with E-state index in [9.17, 15) is 9.59 Å². The first kappa shape index (κ1) is 15.5. The van der Waals surface area contributed by atoms with E-state index in [1.54, 1.807) is 34.1 Å². The van der Waals surface area contributed by atoms with Crippen LogP contribution >= 0.6 is 0 Å². The van der Waals surface area contributed by atoms with Crippen molar-refractivity contribution in [3.63, 3.8) is 0 Å². The topological polar surface area (TPSA) is 73.6 Å². The van der Waals surface area contributed by atoms with Crippen molar-refractivity contribution in [2.75, 3.05) is 32.8 Å². The van der Waals surface area contributed by atoms with Gasteiger partial charge in [0.2, 0.25) is 0 Å². The summed E-state index contributed by atoms with van der Waals surface area (Å²) in [5.74, 6) is -0.00771. The van der Waals surface area contributed by atoms with Gasteiger partial charge < -0.3 is 14.5 Å². The van der Waals surface area contributed by atoms with E-state index in [1.165, 1.54) is 0 Å². The summed E-state index contributed by atoms with van der Waals surface area (Å²) in [6, 6.07) is 8.67. The second-order valence-electron chi connectivity index (χ2n) is 5.81. The van der Waals surface area contributed by atoms with Gasteiger partial charge in [0.1, 0.15) is 6.10 Å². The van der Waals surface area contributed by atoms with E-state index in [1.807, 2.05) is 6.07 Å². The normalized spacial score (nSPS) is 21.1. The lowest BCUT2D eigenvalue weighted by atomic mass is 10.1. The maximum atomic E-state index is 12.4. The maximum absolute atomic E-state index is 12.4. The monoisotopic (exact) mass is 313 g/mol. The third-order valence-electron chi connectivity index (χ3n) is 4.34. The zero-order valence-electron chi connectivity index (χ0n) is 12.9. The molecule has 1 aromatic rings. The van der Waals surface area contributed by atoms with Crippen LogP contribution in [0.5, 0.6) is 0 Å². The van der Waals surface area contributed by atoms with Gasteiger partial charge in [-0.15, -0.1) is 0 Å². The summed E-state index contributed by atoms with van der Waals surface area (Å²) in [5.41, 5.74) is 1.11. The third-order valence-corrected chi connectivity index (χ3v) is 4.34. The highest BCUT2D eigenvalue weighted by Gasteiger charge is 2.31. The van der Waals surface area contributed by atoms with Gasteiger partial charge in [-0.1, -0.05) is 0 Å². The average molecular weight is 313 g/mol. The number of nitrogens with zero attached hydrogens (tertiary/aromatic N) is 3. The molecule has 23 heavy (non-hydrogen) atoms. The van der Waals surface area contributed by atoms with Gasteiger partial charge in [-0.2, -0.15) is 5.26 Å². The molecule has 1 atom stereocenters. The van der Waals surface area contributed by atoms with Crippen LogP contribution in [-0.2, 0) is 9.53 Å². The predicted octanol–water partition coefficient (Wildman–Crippen LogP) is 1.02. The smallest absolute Gasteiger partial charge is 0.253 e. The number of hydrogen-bond acceptors (Lipinski definition) is 4. The molecule has 2 aliphatic rings. The third kappa shape index (κ3) is 3.35. The average Bonchev–Trinajstić information content (AvgIpc) is 3.15. The Kier molecular flexibility index (Phi) is 4.58. The Morgan fingerprint density at radius 3 is 2.30 bits per heavy atom. The quantitative estimate of drug-likeness (QED) is 0.817. The highest BCUT2D eigenvalue weighted by molar-refractivity contribution is 5.94. The van der Waals surface area contributed by atoms with Gasteiger partial charge in [-0.25, -0.2) is 0 Å². The first-order valence-electron chi connectivity index (χ1n) is 7.89. The minimum atomic E-state index is -0.296. The van der Waals surface area contributed by atoms with Gasteiger partial charge in [-0.05, 0) is 37.1 Å². The van der Waals surface area contributed by atoms with Gasteiger partial charge in [-0.3, -0.25) is 9.59 Å². The molecule has 6 nitrogen and oxygen atoms in total. The summed E-state index contributed by atoms with van der Waals surface area (Å²) in [7, 11) is 0. The molecule has 2 saturated heterocycles. The number of carbonyl (C=O) groups is 2. The highest BCUT2D eigenvalue weighted by atomic mass is 16.5. The number of ether oxygens (including phenoxy) is 1. The molecule has 0 bridgehead atoms. The first-order chi connectivity index (χ1) is 11.2. The molecule has 1 aromatic carbocycles. The standard InChI is InChI=1S/C17H19N3O3/c18-12-13-3-5-14(6-4-13)16(21)19-7-9-20(10-8-19)17(22)15-2-1-11-23-15/h3-6,15H,1-2,7-11H2/t15-/m0/s1. The molecule has 120 valence electrons. The Hall–Kier alpha value is -2.39. The zero-order valence-corrected chi connectivity index (χ0v) is 12.9. The molecule has 3 rings (SSSR count). The van der Waals surface area contributed by atoms with E-state index in [4.69, 9.17) is 10.00 Å². The fraction of sp³-hybridized carbons (Fsp3) is 0.471. The molecule has 2 fully saturated rings. The van der Waals surface area contributed by atoms with Crippen molar-refractivity contribution < 1.29 is 14.3 Å². The Morgan fingerprint density at radius 1 is 1.09 bits per heavy atom. The molecule has 6 heteroatoms. The maximum Gasteiger partial charge on any atom is 0.253 e.